The van der Waals surface area contributed by atoms with E-state index in [1.54, 1.807) is 0 Å². The minimum atomic E-state index is -2.65. The second-order valence-electron chi connectivity index (χ2n) is 9.81. The minimum absolute atomic E-state index is 0.0927. The Kier molecular flexibility index (Phi) is 6.15. The fourth-order valence-electron chi connectivity index (χ4n) is 5.50. The summed E-state index contributed by atoms with van der Waals surface area (Å²) in [6, 6.07) is 9.28. The van der Waals surface area contributed by atoms with E-state index in [0.29, 0.717) is 11.8 Å². The molecule has 2 atom stereocenters. The zero-order valence-corrected chi connectivity index (χ0v) is 20.9. The quantitative estimate of drug-likeness (QED) is 0.646. The largest absolute Gasteiger partial charge is 0.380 e. The van der Waals surface area contributed by atoms with Crippen molar-refractivity contribution in [2.75, 3.05) is 0 Å². The number of aryl methyl sites for hydroxylation is 6. The summed E-state index contributed by atoms with van der Waals surface area (Å²) in [6.07, 6.45) is -0.158. The van der Waals surface area contributed by atoms with Crippen LogP contribution in [0.1, 0.15) is 61.1 Å². The first kappa shape index (κ1) is 22.3. The molecule has 29 heavy (non-hydrogen) atoms. The molecule has 158 valence electrons. The van der Waals surface area contributed by atoms with Crippen LogP contribution in [0, 0.1) is 53.4 Å². The summed E-state index contributed by atoms with van der Waals surface area (Å²) in [6.45, 7) is 22.4. The molecule has 1 fully saturated rings. The Morgan fingerprint density at radius 3 is 1.34 bits per heavy atom. The summed E-state index contributed by atoms with van der Waals surface area (Å²) in [7, 11) is -2.65. The summed E-state index contributed by atoms with van der Waals surface area (Å²) in [5, 5.41) is 2.83. The van der Waals surface area contributed by atoms with Crippen molar-refractivity contribution in [3.63, 3.8) is 0 Å². The van der Waals surface area contributed by atoms with E-state index >= 15 is 0 Å². The van der Waals surface area contributed by atoms with E-state index < -0.39 is 8.32 Å². The Balaban J connectivity index is 2.44. The second kappa shape index (κ2) is 8.01. The minimum Gasteiger partial charge on any atom is -0.380 e. The Morgan fingerprint density at radius 1 is 0.655 bits per heavy atom. The van der Waals surface area contributed by atoms with Gasteiger partial charge in [-0.2, -0.15) is 0 Å². The molecule has 2 unspecified atom stereocenters. The Labute approximate surface area is 178 Å². The molecule has 0 N–H and O–H groups in total. The van der Waals surface area contributed by atoms with Gasteiger partial charge in [-0.1, -0.05) is 63.1 Å². The first-order valence-corrected chi connectivity index (χ1v) is 13.0. The molecular weight excluding hydrogens is 372 g/mol. The standard InChI is InChI=1S/C26H38O2Si/c1-15(2)25-27-26(16(3)4)29(28-25,23-19(7)11-17(5)12-20(23)8)24-21(9)13-18(6)14-22(24)10/h11-16,25-26H,1-10H3. The van der Waals surface area contributed by atoms with Gasteiger partial charge < -0.3 is 9.16 Å². The number of benzene rings is 2. The fourth-order valence-corrected chi connectivity index (χ4v) is 11.3. The van der Waals surface area contributed by atoms with Gasteiger partial charge in [-0.25, -0.2) is 0 Å². The van der Waals surface area contributed by atoms with E-state index in [0.717, 1.165) is 0 Å². The zero-order chi connectivity index (χ0) is 21.7. The average Bonchev–Trinajstić information content (AvgIpc) is 2.94. The van der Waals surface area contributed by atoms with Gasteiger partial charge in [0, 0.05) is 5.92 Å². The molecule has 2 nitrogen and oxygen atoms in total. The van der Waals surface area contributed by atoms with Gasteiger partial charge in [0.05, 0.1) is 5.73 Å². The van der Waals surface area contributed by atoms with Crippen LogP contribution < -0.4 is 10.4 Å². The molecule has 0 bridgehead atoms. The lowest BCUT2D eigenvalue weighted by atomic mass is 10.1. The summed E-state index contributed by atoms with van der Waals surface area (Å²) in [5.74, 6) is 0.702. The molecule has 1 saturated heterocycles. The predicted octanol–water partition coefficient (Wildman–Crippen LogP) is 5.19. The van der Waals surface area contributed by atoms with E-state index in [-0.39, 0.29) is 12.0 Å². The average molecular weight is 411 g/mol. The van der Waals surface area contributed by atoms with Crippen molar-refractivity contribution in [1.82, 2.24) is 0 Å². The van der Waals surface area contributed by atoms with Crippen LogP contribution in [0.25, 0.3) is 0 Å². The maximum Gasteiger partial charge on any atom is 0.288 e. The third-order valence-electron chi connectivity index (χ3n) is 6.23. The van der Waals surface area contributed by atoms with Crippen molar-refractivity contribution in [3.8, 4) is 0 Å². The molecule has 0 saturated carbocycles. The highest BCUT2D eigenvalue weighted by atomic mass is 28.4. The van der Waals surface area contributed by atoms with Crippen LogP contribution >= 0.6 is 0 Å². The van der Waals surface area contributed by atoms with Crippen LogP contribution in [0.2, 0.25) is 0 Å². The second-order valence-corrected chi connectivity index (χ2v) is 13.1. The molecule has 3 rings (SSSR count). The van der Waals surface area contributed by atoms with Crippen molar-refractivity contribution < 1.29 is 9.16 Å². The third kappa shape index (κ3) is 3.73. The normalized spacial score (nSPS) is 21.4. The highest BCUT2D eigenvalue weighted by Crippen LogP contribution is 2.36. The van der Waals surface area contributed by atoms with E-state index in [9.17, 15) is 0 Å². The SMILES string of the molecule is Cc1cc(C)c([Si]2(c3c(C)cc(C)cc3C)OC(C(C)C)OC2C(C)C)c(C)c1. The van der Waals surface area contributed by atoms with Gasteiger partial charge in [0.25, 0.3) is 8.32 Å². The van der Waals surface area contributed by atoms with E-state index in [1.807, 2.05) is 0 Å². The van der Waals surface area contributed by atoms with Gasteiger partial charge in [0.1, 0.15) is 0 Å². The molecule has 0 radical (unpaired) electrons. The van der Waals surface area contributed by atoms with Crippen LogP contribution in [0.5, 0.6) is 0 Å². The summed E-state index contributed by atoms with van der Waals surface area (Å²) in [4.78, 5) is 0. The highest BCUT2D eigenvalue weighted by Gasteiger charge is 2.59. The molecule has 0 aromatic heterocycles. The summed E-state index contributed by atoms with van der Waals surface area (Å²) in [5.41, 5.74) is 8.07. The molecule has 2 aromatic rings. The lowest BCUT2D eigenvalue weighted by Gasteiger charge is -2.37. The predicted molar refractivity (Wildman–Crippen MR) is 126 cm³/mol. The molecule has 1 heterocycles. The zero-order valence-electron chi connectivity index (χ0n) is 19.9. The van der Waals surface area contributed by atoms with Crippen LogP contribution in [-0.2, 0) is 9.16 Å². The number of ether oxygens (including phenoxy) is 1. The molecule has 0 aliphatic carbocycles. The molecule has 0 spiro atoms. The topological polar surface area (TPSA) is 18.5 Å². The first-order valence-electron chi connectivity index (χ1n) is 11.0. The van der Waals surface area contributed by atoms with E-state index in [4.69, 9.17) is 9.16 Å². The molecule has 1 aliphatic rings. The van der Waals surface area contributed by atoms with Gasteiger partial charge in [0.2, 0.25) is 0 Å². The number of hydrogen-bond acceptors (Lipinski definition) is 2. The van der Waals surface area contributed by atoms with Gasteiger partial charge in [-0.3, -0.25) is 0 Å². The summed E-state index contributed by atoms with van der Waals surface area (Å²) >= 11 is 0. The van der Waals surface area contributed by atoms with Crippen molar-refractivity contribution in [2.24, 2.45) is 11.8 Å². The third-order valence-corrected chi connectivity index (χ3v) is 11.5. The molecule has 1 aliphatic heterocycles. The molecule has 0 amide bonds. The van der Waals surface area contributed by atoms with Crippen LogP contribution in [-0.4, -0.2) is 20.3 Å². The van der Waals surface area contributed by atoms with Crippen molar-refractivity contribution >= 4 is 18.7 Å². The van der Waals surface area contributed by atoms with Gasteiger partial charge in [0.15, 0.2) is 6.29 Å². The maximum absolute atomic E-state index is 7.18. The Morgan fingerprint density at radius 2 is 1.03 bits per heavy atom. The van der Waals surface area contributed by atoms with Gasteiger partial charge >= 0.3 is 0 Å². The van der Waals surface area contributed by atoms with E-state index in [1.165, 1.54) is 43.8 Å². The lowest BCUT2D eigenvalue weighted by Crippen LogP contribution is -2.70. The number of rotatable bonds is 4. The van der Waals surface area contributed by atoms with Crippen molar-refractivity contribution in [2.45, 2.75) is 81.3 Å². The summed E-state index contributed by atoms with van der Waals surface area (Å²) < 4.78 is 13.9. The van der Waals surface area contributed by atoms with Gasteiger partial charge in [-0.15, -0.1) is 0 Å². The van der Waals surface area contributed by atoms with Crippen LogP contribution in [0.15, 0.2) is 24.3 Å². The highest BCUT2D eigenvalue weighted by molar-refractivity contribution is 6.99. The van der Waals surface area contributed by atoms with Crippen molar-refractivity contribution in [1.29, 1.82) is 0 Å². The smallest absolute Gasteiger partial charge is 0.288 e. The molecule has 2 aromatic carbocycles. The number of hydrogen-bond donors (Lipinski definition) is 0. The van der Waals surface area contributed by atoms with Crippen molar-refractivity contribution in [3.05, 3.63) is 57.6 Å². The monoisotopic (exact) mass is 410 g/mol. The van der Waals surface area contributed by atoms with Crippen LogP contribution in [0.3, 0.4) is 0 Å². The van der Waals surface area contributed by atoms with Crippen LogP contribution in [0.4, 0.5) is 0 Å². The Bertz CT molecular complexity index is 809. The molecular formula is C26H38O2Si. The van der Waals surface area contributed by atoms with Gasteiger partial charge in [-0.05, 0) is 80.1 Å². The first-order chi connectivity index (χ1) is 13.5. The van der Waals surface area contributed by atoms with E-state index in [2.05, 4.69) is 93.5 Å². The fraction of sp³-hybridized carbons (Fsp3) is 0.538. The maximum atomic E-state index is 7.18. The molecule has 3 heteroatoms. The lowest BCUT2D eigenvalue weighted by molar-refractivity contribution is -0.0858. The Hall–Kier alpha value is -1.42.